The van der Waals surface area contributed by atoms with Gasteiger partial charge in [-0.25, -0.2) is 9.46 Å². The van der Waals surface area contributed by atoms with E-state index in [0.717, 1.165) is 77.2 Å². The molecule has 2 aliphatic rings. The summed E-state index contributed by atoms with van der Waals surface area (Å²) in [7, 11) is -1.32. The maximum atomic E-state index is 12.3. The lowest BCUT2D eigenvalue weighted by Crippen LogP contribution is -2.35. The van der Waals surface area contributed by atoms with Gasteiger partial charge in [-0.05, 0) is 82.1 Å². The third-order valence-corrected chi connectivity index (χ3v) is 13.4. The van der Waals surface area contributed by atoms with Gasteiger partial charge in [0.1, 0.15) is 6.61 Å². The second-order valence-corrected chi connectivity index (χ2v) is 18.0. The Morgan fingerprint density at radius 1 is 0.800 bits per heavy atom. The summed E-state index contributed by atoms with van der Waals surface area (Å²) in [6, 6.07) is 19.3. The summed E-state index contributed by atoms with van der Waals surface area (Å²) in [5, 5.41) is 12.1. The van der Waals surface area contributed by atoms with E-state index < -0.39 is 14.7 Å². The summed E-state index contributed by atoms with van der Waals surface area (Å²) in [6.07, 6.45) is 15.2. The number of fused-ring (bicyclic) bond motifs is 3. The van der Waals surface area contributed by atoms with Gasteiger partial charge < -0.3 is 33.3 Å². The lowest BCUT2D eigenvalue weighted by molar-refractivity contribution is -0.136. The summed E-state index contributed by atoms with van der Waals surface area (Å²) in [5.74, 6) is 0.199. The zero-order valence-electron chi connectivity index (χ0n) is 37.2. The number of carbonyl (C=O) groups is 2. The molecule has 1 amide bonds. The number of unbranched alkanes of at least 4 members (excludes halogenated alkanes) is 11. The minimum atomic E-state index is -1.32. The first-order chi connectivity index (χ1) is 29.2. The molecule has 0 aromatic heterocycles. The molecule has 4 atom stereocenters. The molecule has 4 rings (SSSR count). The maximum Gasteiger partial charge on any atom is 0.508 e. The monoisotopic (exact) mass is 852 g/mol. The smallest absolute Gasteiger partial charge is 0.434 e. The van der Waals surface area contributed by atoms with Crippen LogP contribution in [-0.4, -0.2) is 80.3 Å². The van der Waals surface area contributed by atoms with Crippen molar-refractivity contribution in [2.45, 2.75) is 180 Å². The Kier molecular flexibility index (Phi) is 23.5. The van der Waals surface area contributed by atoms with Crippen LogP contribution in [0, 0.1) is 11.3 Å². The first kappa shape index (κ1) is 49.6. The second-order valence-electron chi connectivity index (χ2n) is 16.6. The van der Waals surface area contributed by atoms with Crippen molar-refractivity contribution in [1.82, 2.24) is 9.99 Å². The van der Waals surface area contributed by atoms with Gasteiger partial charge in [-0.2, -0.15) is 5.26 Å². The molecule has 2 aromatic carbocycles. The van der Waals surface area contributed by atoms with Gasteiger partial charge in [0.05, 0.1) is 37.9 Å². The molecule has 0 bridgehead atoms. The average molecular weight is 852 g/mol. The standard InChI is InChI=1S/C48H74N3O8P/c1-6-44-45(59-60(57-34-24-30-49)51(37(2)3)38(4)5)35-47(58-44)54-32-22-15-13-21-31-50-46(52)29-16-12-10-8-7-9-11-14-23-33-55-48(53)56-36-43-41-27-19-17-25-39(41)40-26-18-20-28-42(40)43/h17-20,25-28,37-38,43-45,47H,6-16,21-24,29,31-36H2,1-5H3,(H,50,52). The molecule has 1 saturated heterocycles. The van der Waals surface area contributed by atoms with Crippen molar-refractivity contribution in [2.75, 3.05) is 33.0 Å². The van der Waals surface area contributed by atoms with Gasteiger partial charge in [-0.15, -0.1) is 0 Å². The van der Waals surface area contributed by atoms with E-state index in [-0.39, 0.29) is 49.0 Å². The van der Waals surface area contributed by atoms with Crippen molar-refractivity contribution in [3.05, 3.63) is 59.7 Å². The number of ether oxygens (including phenoxy) is 4. The highest BCUT2D eigenvalue weighted by Gasteiger charge is 2.40. The van der Waals surface area contributed by atoms with Crippen molar-refractivity contribution in [1.29, 1.82) is 5.26 Å². The van der Waals surface area contributed by atoms with E-state index in [2.05, 4.69) is 74.9 Å². The zero-order valence-corrected chi connectivity index (χ0v) is 38.1. The Labute approximate surface area is 362 Å². The predicted molar refractivity (Wildman–Crippen MR) is 238 cm³/mol. The highest BCUT2D eigenvalue weighted by atomic mass is 31.2. The number of rotatable bonds is 31. The number of nitrogens with zero attached hydrogens (tertiary/aromatic N) is 2. The average Bonchev–Trinajstić information content (AvgIpc) is 3.78. The number of amides is 1. The normalized spacial score (nSPS) is 17.8. The number of carbonyl (C=O) groups excluding carboxylic acids is 2. The SMILES string of the molecule is CCC1OC(OCCCCCCNC(=O)CCCCCCCCCCCOC(=O)OCC2c3ccccc3-c3ccccc32)CC1OP(OCCC#N)N(C(C)C)C(C)C. The van der Waals surface area contributed by atoms with Crippen LogP contribution in [0.1, 0.15) is 161 Å². The Morgan fingerprint density at radius 2 is 1.38 bits per heavy atom. The summed E-state index contributed by atoms with van der Waals surface area (Å²) in [6.45, 7) is 13.1. The number of hydrogen-bond donors (Lipinski definition) is 1. The van der Waals surface area contributed by atoms with Gasteiger partial charge >= 0.3 is 6.16 Å². The number of hydrogen-bond acceptors (Lipinski definition) is 10. The van der Waals surface area contributed by atoms with Crippen LogP contribution in [0.15, 0.2) is 48.5 Å². The molecule has 1 aliphatic carbocycles. The number of benzene rings is 2. The Hall–Kier alpha value is -3.10. The lowest BCUT2D eigenvalue weighted by atomic mass is 9.98. The first-order valence-electron chi connectivity index (χ1n) is 23.0. The van der Waals surface area contributed by atoms with E-state index in [1.807, 2.05) is 24.3 Å². The van der Waals surface area contributed by atoms with E-state index in [1.165, 1.54) is 41.5 Å². The molecular formula is C48H74N3O8P. The first-order valence-corrected chi connectivity index (χ1v) is 24.1. The van der Waals surface area contributed by atoms with Crippen LogP contribution in [-0.2, 0) is 32.8 Å². The van der Waals surface area contributed by atoms with Gasteiger partial charge in [0, 0.05) is 44.0 Å². The third kappa shape index (κ3) is 17.0. The molecule has 60 heavy (non-hydrogen) atoms. The van der Waals surface area contributed by atoms with Crippen LogP contribution in [0.3, 0.4) is 0 Å². The van der Waals surface area contributed by atoms with E-state index >= 15 is 0 Å². The largest absolute Gasteiger partial charge is 0.508 e. The van der Waals surface area contributed by atoms with E-state index in [0.29, 0.717) is 39.1 Å². The van der Waals surface area contributed by atoms with Crippen LogP contribution in [0.25, 0.3) is 11.1 Å². The highest BCUT2D eigenvalue weighted by Crippen LogP contribution is 2.49. The molecular weight excluding hydrogens is 778 g/mol. The van der Waals surface area contributed by atoms with E-state index in [1.54, 1.807) is 0 Å². The minimum absolute atomic E-state index is 0.0429. The Morgan fingerprint density at radius 3 is 2.00 bits per heavy atom. The van der Waals surface area contributed by atoms with Gasteiger partial charge in [-0.3, -0.25) is 4.79 Å². The van der Waals surface area contributed by atoms with Crippen LogP contribution < -0.4 is 5.32 Å². The molecule has 1 N–H and O–H groups in total. The molecule has 0 radical (unpaired) electrons. The predicted octanol–water partition coefficient (Wildman–Crippen LogP) is 11.7. The second kappa shape index (κ2) is 28.5. The molecule has 334 valence electrons. The van der Waals surface area contributed by atoms with Crippen LogP contribution in [0.4, 0.5) is 4.79 Å². The van der Waals surface area contributed by atoms with E-state index in [4.69, 9.17) is 33.3 Å². The van der Waals surface area contributed by atoms with Crippen molar-refractivity contribution in [3.8, 4) is 17.2 Å². The van der Waals surface area contributed by atoms with Crippen molar-refractivity contribution in [2.24, 2.45) is 0 Å². The van der Waals surface area contributed by atoms with Crippen molar-refractivity contribution < 1.29 is 37.6 Å². The minimum Gasteiger partial charge on any atom is -0.434 e. The van der Waals surface area contributed by atoms with Crippen molar-refractivity contribution >= 4 is 20.6 Å². The molecule has 1 heterocycles. The van der Waals surface area contributed by atoms with Crippen LogP contribution >= 0.6 is 8.53 Å². The summed E-state index contributed by atoms with van der Waals surface area (Å²) in [5.41, 5.74) is 4.82. The van der Waals surface area contributed by atoms with Gasteiger partial charge in [0.15, 0.2) is 6.29 Å². The van der Waals surface area contributed by atoms with Crippen LogP contribution in [0.5, 0.6) is 0 Å². The molecule has 0 saturated carbocycles. The third-order valence-electron chi connectivity index (χ3n) is 11.3. The van der Waals surface area contributed by atoms with Gasteiger partial charge in [-0.1, -0.05) is 113 Å². The Bertz CT molecular complexity index is 1520. The Balaban J connectivity index is 0.915. The maximum absolute atomic E-state index is 12.3. The lowest BCUT2D eigenvalue weighted by Gasteiger charge is -2.37. The molecule has 11 nitrogen and oxygen atoms in total. The summed E-state index contributed by atoms with van der Waals surface area (Å²) in [4.78, 5) is 24.6. The molecule has 2 aromatic rings. The van der Waals surface area contributed by atoms with Gasteiger partial charge in [0.2, 0.25) is 5.91 Å². The fourth-order valence-corrected chi connectivity index (χ4v) is 9.95. The quantitative estimate of drug-likeness (QED) is 0.0445. The molecule has 1 fully saturated rings. The summed E-state index contributed by atoms with van der Waals surface area (Å²) < 4.78 is 38.1. The molecule has 4 unspecified atom stereocenters. The van der Waals surface area contributed by atoms with E-state index in [9.17, 15) is 9.59 Å². The summed E-state index contributed by atoms with van der Waals surface area (Å²) >= 11 is 0. The zero-order chi connectivity index (χ0) is 43.0. The molecule has 0 spiro atoms. The molecule has 12 heteroatoms. The fraction of sp³-hybridized carbons (Fsp3) is 0.688. The number of nitriles is 1. The fourth-order valence-electron chi connectivity index (χ4n) is 8.19. The molecule has 1 aliphatic heterocycles. The van der Waals surface area contributed by atoms with Gasteiger partial charge in [0.25, 0.3) is 8.53 Å². The van der Waals surface area contributed by atoms with Crippen molar-refractivity contribution in [3.63, 3.8) is 0 Å². The topological polar surface area (TPSA) is 129 Å². The van der Waals surface area contributed by atoms with Crippen LogP contribution in [0.2, 0.25) is 0 Å². The number of nitrogens with one attached hydrogen (secondary N) is 1. The highest BCUT2D eigenvalue weighted by molar-refractivity contribution is 7.44.